The van der Waals surface area contributed by atoms with E-state index in [-0.39, 0.29) is 17.4 Å². The number of aromatic amines is 1. The van der Waals surface area contributed by atoms with Crippen molar-refractivity contribution in [3.8, 4) is 0 Å². The molecule has 4 nitrogen and oxygen atoms in total. The molecule has 2 unspecified atom stereocenters. The third-order valence-electron chi connectivity index (χ3n) is 2.65. The average Bonchev–Trinajstić information content (AvgIpc) is 2.72. The van der Waals surface area contributed by atoms with Gasteiger partial charge in [0.1, 0.15) is 0 Å². The van der Waals surface area contributed by atoms with Crippen molar-refractivity contribution in [1.29, 1.82) is 0 Å². The van der Waals surface area contributed by atoms with Crippen LogP contribution in [0, 0.1) is 5.92 Å². The zero-order chi connectivity index (χ0) is 10.2. The van der Waals surface area contributed by atoms with Crippen LogP contribution in [0.3, 0.4) is 0 Å². The van der Waals surface area contributed by atoms with Gasteiger partial charge in [0, 0.05) is 17.8 Å². The molecule has 0 aliphatic carbocycles. The Balaban J connectivity index is 2.11. The van der Waals surface area contributed by atoms with Gasteiger partial charge in [-0.15, -0.1) is 0 Å². The molecule has 2 atom stereocenters. The third-order valence-corrected chi connectivity index (χ3v) is 4.45. The van der Waals surface area contributed by atoms with E-state index in [9.17, 15) is 13.5 Å². The summed E-state index contributed by atoms with van der Waals surface area (Å²) < 4.78 is 22.4. The van der Waals surface area contributed by atoms with Crippen molar-refractivity contribution in [2.45, 2.75) is 12.5 Å². The fraction of sp³-hybridized carbons (Fsp3) is 0.556. The second kappa shape index (κ2) is 3.40. The topological polar surface area (TPSA) is 70.2 Å². The summed E-state index contributed by atoms with van der Waals surface area (Å²) in [4.78, 5) is 2.90. The monoisotopic (exact) mass is 215 g/mol. The van der Waals surface area contributed by atoms with Gasteiger partial charge in [0.25, 0.3) is 0 Å². The van der Waals surface area contributed by atoms with E-state index >= 15 is 0 Å². The summed E-state index contributed by atoms with van der Waals surface area (Å²) in [5.74, 6) is 0.154. The number of nitrogens with one attached hydrogen (secondary N) is 1. The molecule has 1 fully saturated rings. The summed E-state index contributed by atoms with van der Waals surface area (Å²) in [6.07, 6.45) is 1.60. The molecular formula is C9H13NO3S. The standard InChI is InChI=1S/C9H13NO3S/c11-9(8-2-1-4-10-8)7-3-5-14(12,13)6-7/h1-2,4,7,9-11H,3,5-6H2. The van der Waals surface area contributed by atoms with Crippen LogP contribution in [-0.2, 0) is 9.84 Å². The SMILES string of the molecule is O=S1(=O)CCC(C(O)c2ccc[nH]2)C1. The molecule has 2 rings (SSSR count). The second-order valence-electron chi connectivity index (χ2n) is 3.73. The minimum Gasteiger partial charge on any atom is -0.387 e. The van der Waals surface area contributed by atoms with Crippen LogP contribution < -0.4 is 0 Å². The van der Waals surface area contributed by atoms with Gasteiger partial charge >= 0.3 is 0 Å². The zero-order valence-corrected chi connectivity index (χ0v) is 8.50. The number of H-pyrrole nitrogens is 1. The molecule has 1 aromatic rings. The molecule has 0 spiro atoms. The van der Waals surface area contributed by atoms with E-state index in [2.05, 4.69) is 4.98 Å². The molecule has 2 heterocycles. The van der Waals surface area contributed by atoms with Gasteiger partial charge in [0.2, 0.25) is 0 Å². The largest absolute Gasteiger partial charge is 0.387 e. The van der Waals surface area contributed by atoms with Crippen LogP contribution in [0.1, 0.15) is 18.2 Å². The lowest BCUT2D eigenvalue weighted by molar-refractivity contribution is 0.117. The van der Waals surface area contributed by atoms with Gasteiger partial charge in [0.15, 0.2) is 9.84 Å². The number of hydrogen-bond acceptors (Lipinski definition) is 3. The quantitative estimate of drug-likeness (QED) is 0.754. The van der Waals surface area contributed by atoms with Crippen LogP contribution in [0.5, 0.6) is 0 Å². The normalized spacial score (nSPS) is 27.6. The highest BCUT2D eigenvalue weighted by Gasteiger charge is 2.33. The molecule has 1 aliphatic heterocycles. The number of aromatic nitrogens is 1. The van der Waals surface area contributed by atoms with E-state index in [1.165, 1.54) is 0 Å². The Hall–Kier alpha value is -0.810. The molecule has 78 valence electrons. The molecule has 1 saturated heterocycles. The van der Waals surface area contributed by atoms with Crippen LogP contribution in [0.2, 0.25) is 0 Å². The summed E-state index contributed by atoms with van der Waals surface area (Å²) >= 11 is 0. The molecule has 0 bridgehead atoms. The van der Waals surface area contributed by atoms with E-state index < -0.39 is 15.9 Å². The Morgan fingerprint density at radius 1 is 1.57 bits per heavy atom. The van der Waals surface area contributed by atoms with E-state index in [1.807, 2.05) is 0 Å². The van der Waals surface area contributed by atoms with E-state index in [0.29, 0.717) is 12.1 Å². The van der Waals surface area contributed by atoms with Gasteiger partial charge in [-0.2, -0.15) is 0 Å². The van der Waals surface area contributed by atoms with Crippen molar-refractivity contribution >= 4 is 9.84 Å². The molecule has 2 N–H and O–H groups in total. The number of aliphatic hydroxyl groups is 1. The summed E-state index contributed by atoms with van der Waals surface area (Å²) in [5, 5.41) is 9.85. The summed E-state index contributed by atoms with van der Waals surface area (Å²) in [6, 6.07) is 3.57. The smallest absolute Gasteiger partial charge is 0.150 e. The Bertz CT molecular complexity index is 396. The van der Waals surface area contributed by atoms with Crippen molar-refractivity contribution in [2.24, 2.45) is 5.92 Å². The zero-order valence-electron chi connectivity index (χ0n) is 7.68. The number of sulfone groups is 1. The van der Waals surface area contributed by atoms with Gasteiger partial charge in [-0.25, -0.2) is 8.42 Å². The molecule has 5 heteroatoms. The predicted octanol–water partition coefficient (Wildman–Crippen LogP) is 0.483. The Morgan fingerprint density at radius 2 is 2.36 bits per heavy atom. The second-order valence-corrected chi connectivity index (χ2v) is 5.96. The summed E-state index contributed by atoms with van der Waals surface area (Å²) in [6.45, 7) is 0. The van der Waals surface area contributed by atoms with Crippen LogP contribution in [0.25, 0.3) is 0 Å². The van der Waals surface area contributed by atoms with Gasteiger partial charge < -0.3 is 10.1 Å². The molecule has 0 aromatic carbocycles. The molecule has 0 amide bonds. The van der Waals surface area contributed by atoms with Crippen LogP contribution in [-0.4, -0.2) is 30.0 Å². The van der Waals surface area contributed by atoms with Crippen molar-refractivity contribution in [2.75, 3.05) is 11.5 Å². The highest BCUT2D eigenvalue weighted by atomic mass is 32.2. The maximum atomic E-state index is 11.2. The summed E-state index contributed by atoms with van der Waals surface area (Å²) in [7, 11) is -2.91. The average molecular weight is 215 g/mol. The Morgan fingerprint density at radius 3 is 2.86 bits per heavy atom. The molecule has 0 radical (unpaired) electrons. The molecule has 1 aromatic heterocycles. The summed E-state index contributed by atoms with van der Waals surface area (Å²) in [5.41, 5.74) is 0.701. The fourth-order valence-electron chi connectivity index (χ4n) is 1.85. The fourth-order valence-corrected chi connectivity index (χ4v) is 3.68. The van der Waals surface area contributed by atoms with Gasteiger partial charge in [-0.05, 0) is 18.6 Å². The first-order chi connectivity index (χ1) is 6.58. The van der Waals surface area contributed by atoms with Crippen LogP contribution in [0.15, 0.2) is 18.3 Å². The number of rotatable bonds is 2. The minimum atomic E-state index is -2.91. The molecule has 0 saturated carbocycles. The molecule has 14 heavy (non-hydrogen) atoms. The Labute approximate surface area is 82.9 Å². The lowest BCUT2D eigenvalue weighted by Crippen LogP contribution is -2.14. The first-order valence-electron chi connectivity index (χ1n) is 4.60. The van der Waals surface area contributed by atoms with Gasteiger partial charge in [-0.3, -0.25) is 0 Å². The highest BCUT2D eigenvalue weighted by Crippen LogP contribution is 2.30. The van der Waals surface area contributed by atoms with Crippen LogP contribution in [0.4, 0.5) is 0 Å². The minimum absolute atomic E-state index is 0.104. The number of aliphatic hydroxyl groups excluding tert-OH is 1. The van der Waals surface area contributed by atoms with E-state index in [4.69, 9.17) is 0 Å². The lowest BCUT2D eigenvalue weighted by atomic mass is 10.00. The highest BCUT2D eigenvalue weighted by molar-refractivity contribution is 7.91. The van der Waals surface area contributed by atoms with Crippen molar-refractivity contribution < 1.29 is 13.5 Å². The maximum Gasteiger partial charge on any atom is 0.150 e. The van der Waals surface area contributed by atoms with E-state index in [1.54, 1.807) is 18.3 Å². The third kappa shape index (κ3) is 1.83. The van der Waals surface area contributed by atoms with Crippen molar-refractivity contribution in [1.82, 2.24) is 4.98 Å². The first-order valence-corrected chi connectivity index (χ1v) is 6.42. The Kier molecular flexibility index (Phi) is 2.36. The predicted molar refractivity (Wildman–Crippen MR) is 52.5 cm³/mol. The van der Waals surface area contributed by atoms with E-state index in [0.717, 1.165) is 0 Å². The molecular weight excluding hydrogens is 202 g/mol. The van der Waals surface area contributed by atoms with Crippen molar-refractivity contribution in [3.05, 3.63) is 24.0 Å². The van der Waals surface area contributed by atoms with Crippen molar-refractivity contribution in [3.63, 3.8) is 0 Å². The number of hydrogen-bond donors (Lipinski definition) is 2. The first kappa shape index (κ1) is 9.73. The lowest BCUT2D eigenvalue weighted by Gasteiger charge is -2.14. The molecule has 1 aliphatic rings. The van der Waals surface area contributed by atoms with Crippen LogP contribution >= 0.6 is 0 Å². The van der Waals surface area contributed by atoms with Gasteiger partial charge in [-0.1, -0.05) is 0 Å². The van der Waals surface area contributed by atoms with Gasteiger partial charge in [0.05, 0.1) is 17.6 Å². The maximum absolute atomic E-state index is 11.2.